The Labute approximate surface area is 90.0 Å². The van der Waals surface area contributed by atoms with E-state index in [2.05, 4.69) is 4.99 Å². The van der Waals surface area contributed by atoms with Crippen LogP contribution in [0.5, 0.6) is 0 Å². The van der Waals surface area contributed by atoms with E-state index in [-0.39, 0.29) is 24.8 Å². The molecule has 1 aromatic carbocycles. The molecule has 0 unspecified atom stereocenters. The van der Waals surface area contributed by atoms with E-state index in [1.807, 2.05) is 31.2 Å². The minimum absolute atomic E-state index is 0. The van der Waals surface area contributed by atoms with Crippen molar-refractivity contribution in [2.75, 3.05) is 6.54 Å². The summed E-state index contributed by atoms with van der Waals surface area (Å²) in [6.07, 6.45) is 1.72. The molecule has 4 heteroatoms. The van der Waals surface area contributed by atoms with Crippen LogP contribution >= 0.6 is 12.4 Å². The molecule has 3 nitrogen and oxygen atoms in total. The summed E-state index contributed by atoms with van der Waals surface area (Å²) in [5, 5.41) is 6.96. The second kappa shape index (κ2) is 6.16. The van der Waals surface area contributed by atoms with Crippen molar-refractivity contribution in [2.45, 2.75) is 6.92 Å². The molecule has 14 heavy (non-hydrogen) atoms. The number of hydrogen-bond acceptors (Lipinski definition) is 2. The number of nitrogens with zero attached hydrogens (tertiary/aromatic N) is 1. The van der Waals surface area contributed by atoms with Crippen LogP contribution in [0.15, 0.2) is 29.3 Å². The van der Waals surface area contributed by atoms with Crippen molar-refractivity contribution in [2.24, 2.45) is 10.7 Å². The predicted octanol–water partition coefficient (Wildman–Crippen LogP) is 1.77. The summed E-state index contributed by atoms with van der Waals surface area (Å²) in [5.41, 5.74) is 7.41. The van der Waals surface area contributed by atoms with E-state index >= 15 is 0 Å². The van der Waals surface area contributed by atoms with Crippen LogP contribution in [0.2, 0.25) is 0 Å². The van der Waals surface area contributed by atoms with Crippen molar-refractivity contribution in [1.29, 1.82) is 5.41 Å². The van der Waals surface area contributed by atoms with Crippen molar-refractivity contribution >= 4 is 24.5 Å². The lowest BCUT2D eigenvalue weighted by atomic mass is 10.2. The van der Waals surface area contributed by atoms with Crippen molar-refractivity contribution in [1.82, 2.24) is 0 Å². The summed E-state index contributed by atoms with van der Waals surface area (Å²) in [5.74, 6) is 0.0864. The van der Waals surface area contributed by atoms with Gasteiger partial charge in [-0.05, 0) is 12.5 Å². The van der Waals surface area contributed by atoms with Crippen molar-refractivity contribution in [3.63, 3.8) is 0 Å². The monoisotopic (exact) mass is 211 g/mol. The second-order valence-electron chi connectivity index (χ2n) is 2.91. The minimum Gasteiger partial charge on any atom is -0.386 e. The highest BCUT2D eigenvalue weighted by molar-refractivity contribution is 5.85. The molecule has 0 heterocycles. The zero-order valence-electron chi connectivity index (χ0n) is 8.03. The molecule has 0 radical (unpaired) electrons. The zero-order chi connectivity index (χ0) is 9.68. The van der Waals surface area contributed by atoms with Crippen molar-refractivity contribution < 1.29 is 0 Å². The largest absolute Gasteiger partial charge is 0.386 e. The number of amidine groups is 1. The smallest absolute Gasteiger partial charge is 0.113 e. The molecule has 0 aliphatic carbocycles. The van der Waals surface area contributed by atoms with E-state index in [1.165, 1.54) is 5.56 Å². The van der Waals surface area contributed by atoms with Crippen LogP contribution in [0.1, 0.15) is 11.1 Å². The van der Waals surface area contributed by atoms with Gasteiger partial charge in [0.05, 0.1) is 6.54 Å². The first-order valence-corrected chi connectivity index (χ1v) is 4.08. The second-order valence-corrected chi connectivity index (χ2v) is 2.91. The van der Waals surface area contributed by atoms with Gasteiger partial charge < -0.3 is 5.73 Å². The average molecular weight is 212 g/mol. The molecule has 0 atom stereocenters. The molecule has 3 N–H and O–H groups in total. The first-order chi connectivity index (χ1) is 6.18. The highest BCUT2D eigenvalue weighted by Gasteiger charge is 1.87. The molecule has 0 aliphatic rings. The number of aryl methyl sites for hydroxylation is 1. The fraction of sp³-hybridized carbons (Fsp3) is 0.200. The number of benzene rings is 1. The van der Waals surface area contributed by atoms with E-state index in [4.69, 9.17) is 11.1 Å². The fourth-order valence-electron chi connectivity index (χ4n) is 0.902. The summed E-state index contributed by atoms with van der Waals surface area (Å²) >= 11 is 0. The lowest BCUT2D eigenvalue weighted by molar-refractivity contribution is 1.24. The van der Waals surface area contributed by atoms with Crippen LogP contribution in [0.3, 0.4) is 0 Å². The Bertz CT molecular complexity index is 317. The molecule has 0 saturated carbocycles. The van der Waals surface area contributed by atoms with Crippen LogP contribution in [-0.4, -0.2) is 18.6 Å². The fourth-order valence-corrected chi connectivity index (χ4v) is 0.902. The summed E-state index contributed by atoms with van der Waals surface area (Å²) in [7, 11) is 0. The number of rotatable bonds is 3. The average Bonchev–Trinajstić information content (AvgIpc) is 2.08. The van der Waals surface area contributed by atoms with Crippen LogP contribution in [0, 0.1) is 12.3 Å². The van der Waals surface area contributed by atoms with E-state index in [0.29, 0.717) is 0 Å². The Hall–Kier alpha value is -1.35. The molecule has 0 spiro atoms. The van der Waals surface area contributed by atoms with Crippen LogP contribution in [0.4, 0.5) is 0 Å². The van der Waals surface area contributed by atoms with Gasteiger partial charge in [-0.3, -0.25) is 10.4 Å². The Morgan fingerprint density at radius 1 is 1.43 bits per heavy atom. The minimum atomic E-state index is 0. The maximum Gasteiger partial charge on any atom is 0.113 e. The molecular formula is C10H14ClN3. The maximum atomic E-state index is 6.96. The Morgan fingerprint density at radius 3 is 2.50 bits per heavy atom. The standard InChI is InChI=1S/C10H13N3.ClH/c1-8-2-4-9(5-3-8)6-13-7-10(11)12;/h2-6H,7H2,1H3,(H3,11,12);1H. The van der Waals surface area contributed by atoms with Gasteiger partial charge in [-0.15, -0.1) is 12.4 Å². The first-order valence-electron chi connectivity index (χ1n) is 4.08. The first kappa shape index (κ1) is 12.7. The molecule has 1 rings (SSSR count). The normalized spacial score (nSPS) is 9.79. The third-order valence-electron chi connectivity index (χ3n) is 1.58. The molecule has 0 aromatic heterocycles. The SMILES string of the molecule is Cc1ccc(C=NCC(=N)N)cc1.Cl. The number of nitrogens with one attached hydrogen (secondary N) is 1. The van der Waals surface area contributed by atoms with Gasteiger partial charge in [0.2, 0.25) is 0 Å². The molecule has 0 bridgehead atoms. The van der Waals surface area contributed by atoms with Crippen LogP contribution < -0.4 is 5.73 Å². The van der Waals surface area contributed by atoms with Crippen molar-refractivity contribution in [3.05, 3.63) is 35.4 Å². The van der Waals surface area contributed by atoms with Gasteiger partial charge in [0.15, 0.2) is 0 Å². The van der Waals surface area contributed by atoms with E-state index in [1.54, 1.807) is 6.21 Å². The van der Waals surface area contributed by atoms with Gasteiger partial charge in [-0.2, -0.15) is 0 Å². The van der Waals surface area contributed by atoms with E-state index in [9.17, 15) is 0 Å². The third kappa shape index (κ3) is 4.62. The third-order valence-corrected chi connectivity index (χ3v) is 1.58. The topological polar surface area (TPSA) is 62.2 Å². The van der Waals surface area contributed by atoms with Gasteiger partial charge in [0, 0.05) is 6.21 Å². The number of hydrogen-bond donors (Lipinski definition) is 2. The van der Waals surface area contributed by atoms with Gasteiger partial charge in [-0.1, -0.05) is 29.8 Å². The number of halogens is 1. The summed E-state index contributed by atoms with van der Waals surface area (Å²) in [4.78, 5) is 4.00. The maximum absolute atomic E-state index is 6.96. The number of aliphatic imine (C=N–C) groups is 1. The molecule has 0 fully saturated rings. The Morgan fingerprint density at radius 2 is 2.00 bits per heavy atom. The summed E-state index contributed by atoms with van der Waals surface area (Å²) in [6.45, 7) is 2.31. The molecule has 0 aliphatic heterocycles. The van der Waals surface area contributed by atoms with Gasteiger partial charge in [-0.25, -0.2) is 0 Å². The predicted molar refractivity (Wildman–Crippen MR) is 62.8 cm³/mol. The number of nitrogens with two attached hydrogens (primary N) is 1. The van der Waals surface area contributed by atoms with Gasteiger partial charge >= 0.3 is 0 Å². The summed E-state index contributed by atoms with van der Waals surface area (Å²) < 4.78 is 0. The van der Waals surface area contributed by atoms with E-state index < -0.39 is 0 Å². The molecular weight excluding hydrogens is 198 g/mol. The van der Waals surface area contributed by atoms with Gasteiger partial charge in [0.1, 0.15) is 5.84 Å². The molecule has 0 amide bonds. The highest BCUT2D eigenvalue weighted by Crippen LogP contribution is 1.99. The van der Waals surface area contributed by atoms with Gasteiger partial charge in [0.25, 0.3) is 0 Å². The lowest BCUT2D eigenvalue weighted by Gasteiger charge is -1.94. The quantitative estimate of drug-likeness (QED) is 0.581. The molecule has 0 saturated heterocycles. The summed E-state index contributed by atoms with van der Waals surface area (Å²) in [6, 6.07) is 8.02. The van der Waals surface area contributed by atoms with E-state index in [0.717, 1.165) is 5.56 Å². The van der Waals surface area contributed by atoms with Crippen LogP contribution in [-0.2, 0) is 0 Å². The zero-order valence-corrected chi connectivity index (χ0v) is 8.84. The highest BCUT2D eigenvalue weighted by atomic mass is 35.5. The molecule has 1 aromatic rings. The molecule has 76 valence electrons. The Kier molecular flexibility index (Phi) is 5.56. The van der Waals surface area contributed by atoms with Crippen molar-refractivity contribution in [3.8, 4) is 0 Å². The Balaban J connectivity index is 0.00000169. The lowest BCUT2D eigenvalue weighted by Crippen LogP contribution is -2.12. The van der Waals surface area contributed by atoms with Crippen LogP contribution in [0.25, 0.3) is 0 Å².